The normalized spacial score (nSPS) is 12.6. The van der Waals surface area contributed by atoms with Gasteiger partial charge in [0.2, 0.25) is 0 Å². The lowest BCUT2D eigenvalue weighted by Crippen LogP contribution is -2.44. The van der Waals surface area contributed by atoms with Gasteiger partial charge in [-0.05, 0) is 24.3 Å². The molecule has 0 saturated heterocycles. The van der Waals surface area contributed by atoms with E-state index in [-0.39, 0.29) is 13.0 Å². The highest BCUT2D eigenvalue weighted by atomic mass is 19.1. The average Bonchev–Trinajstić information content (AvgIpc) is 2.31. The molecule has 0 radical (unpaired) electrons. The molecule has 0 aliphatic rings. The van der Waals surface area contributed by atoms with Crippen LogP contribution < -0.4 is 10.9 Å². The quantitative estimate of drug-likeness (QED) is 0.807. The maximum Gasteiger partial charge on any atom is 0.171 e. The predicted octanol–water partition coefficient (Wildman–Crippen LogP) is 2.50. The van der Waals surface area contributed by atoms with Crippen molar-refractivity contribution in [3.63, 3.8) is 0 Å². The maximum absolute atomic E-state index is 12.7. The number of Topliss-reactive ketones (excluding diaryl/α,β-unsaturated/α-hetero) is 1. The van der Waals surface area contributed by atoms with Gasteiger partial charge in [0.05, 0.1) is 6.07 Å². The minimum atomic E-state index is -0.949. The highest BCUT2D eigenvalue weighted by Crippen LogP contribution is 2.16. The highest BCUT2D eigenvalue weighted by Gasteiger charge is 2.29. The van der Waals surface area contributed by atoms with Crippen LogP contribution in [0.15, 0.2) is 24.3 Å². The fourth-order valence-electron chi connectivity index (χ4n) is 1.28. The van der Waals surface area contributed by atoms with Crippen LogP contribution in [0.2, 0.25) is 0 Å². The number of hydrogen-bond acceptors (Lipinski definition) is 4. The van der Waals surface area contributed by atoms with Gasteiger partial charge in [0.15, 0.2) is 11.8 Å². The molecule has 1 aromatic carbocycles. The van der Waals surface area contributed by atoms with Crippen molar-refractivity contribution < 1.29 is 10.6 Å². The first kappa shape index (κ1) is 14.1. The Kier molecular flexibility index (Phi) is 4.40. The number of rotatable bonds is 4. The SMILES string of the molecule is CC(C)(C)C(=O)C(C#N)NNc1ccc(F)cc1.[HH]. The van der Waals surface area contributed by atoms with Gasteiger partial charge in [-0.1, -0.05) is 20.8 Å². The second-order valence-corrected chi connectivity index (χ2v) is 4.95. The summed E-state index contributed by atoms with van der Waals surface area (Å²) in [6.07, 6.45) is 0. The molecule has 0 spiro atoms. The fourth-order valence-corrected chi connectivity index (χ4v) is 1.28. The molecular formula is C13H18FN3O. The zero-order chi connectivity index (χ0) is 13.8. The highest BCUT2D eigenvalue weighted by molar-refractivity contribution is 5.91. The van der Waals surface area contributed by atoms with Crippen molar-refractivity contribution in [1.82, 2.24) is 5.43 Å². The zero-order valence-electron chi connectivity index (χ0n) is 10.6. The molecule has 5 heteroatoms. The Bertz CT molecular complexity index is 462. The number of nitrogens with zero attached hydrogens (tertiary/aromatic N) is 1. The minimum Gasteiger partial charge on any atom is -0.320 e. The largest absolute Gasteiger partial charge is 0.320 e. The van der Waals surface area contributed by atoms with E-state index < -0.39 is 11.5 Å². The number of nitrogens with one attached hydrogen (secondary N) is 2. The minimum absolute atomic E-state index is 0. The molecule has 1 rings (SSSR count). The van der Waals surface area contributed by atoms with Gasteiger partial charge in [-0.25, -0.2) is 9.82 Å². The molecule has 0 aliphatic heterocycles. The van der Waals surface area contributed by atoms with Crippen molar-refractivity contribution in [2.24, 2.45) is 5.41 Å². The average molecular weight is 251 g/mol. The van der Waals surface area contributed by atoms with Crippen LogP contribution in [0.4, 0.5) is 10.1 Å². The van der Waals surface area contributed by atoms with E-state index in [9.17, 15) is 9.18 Å². The third kappa shape index (κ3) is 3.82. The van der Waals surface area contributed by atoms with Crippen LogP contribution >= 0.6 is 0 Å². The van der Waals surface area contributed by atoms with Gasteiger partial charge in [-0.3, -0.25) is 4.79 Å². The number of anilines is 1. The molecule has 4 nitrogen and oxygen atoms in total. The number of halogens is 1. The fraction of sp³-hybridized carbons (Fsp3) is 0.385. The van der Waals surface area contributed by atoms with Crippen LogP contribution in [-0.2, 0) is 4.79 Å². The van der Waals surface area contributed by atoms with Gasteiger partial charge in [-0.15, -0.1) is 0 Å². The Hall–Kier alpha value is -1.93. The van der Waals surface area contributed by atoms with Gasteiger partial charge in [0, 0.05) is 12.5 Å². The van der Waals surface area contributed by atoms with Crippen LogP contribution in [0.25, 0.3) is 0 Å². The number of carbonyl (C=O) groups excluding carboxylic acids is 1. The standard InChI is InChI=1S/C13H16FN3O.H2/c1-13(2,3)12(18)11(8-15)17-16-10-6-4-9(14)5-7-10;/h4-7,11,16-17H,1-3H3;1H. The molecule has 0 heterocycles. The molecule has 0 fully saturated rings. The predicted molar refractivity (Wildman–Crippen MR) is 69.1 cm³/mol. The lowest BCUT2D eigenvalue weighted by atomic mass is 9.87. The topological polar surface area (TPSA) is 64.9 Å². The van der Waals surface area contributed by atoms with Crippen molar-refractivity contribution in [2.75, 3.05) is 5.43 Å². The third-order valence-corrected chi connectivity index (χ3v) is 2.34. The van der Waals surface area contributed by atoms with E-state index in [4.69, 9.17) is 5.26 Å². The van der Waals surface area contributed by atoms with E-state index in [0.717, 1.165) is 0 Å². The molecule has 0 saturated carbocycles. The molecule has 0 amide bonds. The Morgan fingerprint density at radius 2 is 1.94 bits per heavy atom. The Morgan fingerprint density at radius 3 is 2.39 bits per heavy atom. The Balaban J connectivity index is 0.00000324. The van der Waals surface area contributed by atoms with Crippen molar-refractivity contribution in [1.29, 1.82) is 5.26 Å². The zero-order valence-corrected chi connectivity index (χ0v) is 10.6. The van der Waals surface area contributed by atoms with Crippen LogP contribution in [0.1, 0.15) is 22.2 Å². The Morgan fingerprint density at radius 1 is 1.39 bits per heavy atom. The lowest BCUT2D eigenvalue weighted by Gasteiger charge is -2.21. The Labute approximate surface area is 107 Å². The van der Waals surface area contributed by atoms with Gasteiger partial charge in [0.1, 0.15) is 5.82 Å². The second-order valence-electron chi connectivity index (χ2n) is 4.95. The van der Waals surface area contributed by atoms with E-state index in [1.165, 1.54) is 24.3 Å². The van der Waals surface area contributed by atoms with Crippen LogP contribution in [0.5, 0.6) is 0 Å². The van der Waals surface area contributed by atoms with Crippen molar-refractivity contribution in [2.45, 2.75) is 26.8 Å². The first-order valence-corrected chi connectivity index (χ1v) is 5.55. The molecule has 0 aliphatic carbocycles. The molecule has 18 heavy (non-hydrogen) atoms. The summed E-state index contributed by atoms with van der Waals surface area (Å²) in [6.45, 7) is 5.25. The van der Waals surface area contributed by atoms with E-state index in [2.05, 4.69) is 10.9 Å². The number of ketones is 1. The van der Waals surface area contributed by atoms with Crippen molar-refractivity contribution >= 4 is 11.5 Å². The van der Waals surface area contributed by atoms with Crippen LogP contribution in [0.3, 0.4) is 0 Å². The maximum atomic E-state index is 12.7. The molecule has 2 N–H and O–H groups in total. The summed E-state index contributed by atoms with van der Waals surface area (Å²) in [5, 5.41) is 8.95. The van der Waals surface area contributed by atoms with E-state index >= 15 is 0 Å². The van der Waals surface area contributed by atoms with E-state index in [1.807, 2.05) is 6.07 Å². The smallest absolute Gasteiger partial charge is 0.171 e. The summed E-state index contributed by atoms with van der Waals surface area (Å²) in [5.74, 6) is -0.553. The molecule has 1 unspecified atom stereocenters. The van der Waals surface area contributed by atoms with Crippen molar-refractivity contribution in [3.8, 4) is 6.07 Å². The lowest BCUT2D eigenvalue weighted by molar-refractivity contribution is -0.126. The van der Waals surface area contributed by atoms with Crippen LogP contribution in [-0.4, -0.2) is 11.8 Å². The number of hydrogen-bond donors (Lipinski definition) is 2. The summed E-state index contributed by atoms with van der Waals surface area (Å²) >= 11 is 0. The van der Waals surface area contributed by atoms with Gasteiger partial charge < -0.3 is 5.43 Å². The molecule has 1 aromatic rings. The van der Waals surface area contributed by atoms with Crippen molar-refractivity contribution in [3.05, 3.63) is 30.1 Å². The summed E-state index contributed by atoms with van der Waals surface area (Å²) in [5.41, 5.74) is 5.33. The number of nitriles is 1. The second kappa shape index (κ2) is 5.61. The summed E-state index contributed by atoms with van der Waals surface area (Å²) in [6, 6.07) is 6.55. The molecular weight excluding hydrogens is 233 g/mol. The van der Waals surface area contributed by atoms with Gasteiger partial charge in [-0.2, -0.15) is 5.26 Å². The van der Waals surface area contributed by atoms with Gasteiger partial charge >= 0.3 is 0 Å². The summed E-state index contributed by atoms with van der Waals surface area (Å²) in [4.78, 5) is 11.9. The molecule has 98 valence electrons. The monoisotopic (exact) mass is 251 g/mol. The first-order chi connectivity index (χ1) is 8.34. The summed E-state index contributed by atoms with van der Waals surface area (Å²) in [7, 11) is 0. The van der Waals surface area contributed by atoms with Gasteiger partial charge in [0.25, 0.3) is 0 Å². The summed E-state index contributed by atoms with van der Waals surface area (Å²) < 4.78 is 12.7. The number of hydrazine groups is 1. The number of benzene rings is 1. The number of carbonyl (C=O) groups is 1. The third-order valence-electron chi connectivity index (χ3n) is 2.34. The molecule has 1 atom stereocenters. The molecule has 0 bridgehead atoms. The van der Waals surface area contributed by atoms with E-state index in [1.54, 1.807) is 20.8 Å². The van der Waals surface area contributed by atoms with E-state index in [0.29, 0.717) is 5.69 Å². The van der Waals surface area contributed by atoms with Crippen LogP contribution in [0, 0.1) is 22.6 Å². The molecule has 0 aromatic heterocycles. The first-order valence-electron chi connectivity index (χ1n) is 5.55.